The molecule has 0 bridgehead atoms. The molecule has 2 unspecified atom stereocenters. The Morgan fingerprint density at radius 2 is 2.07 bits per heavy atom. The lowest BCUT2D eigenvalue weighted by Crippen LogP contribution is -2.12. The van der Waals surface area contributed by atoms with Crippen molar-refractivity contribution in [1.29, 1.82) is 0 Å². The maximum atomic E-state index is 14.2. The molecule has 3 nitrogen and oxygen atoms in total. The minimum Gasteiger partial charge on any atom is -0.478 e. The molecule has 0 aromatic heterocycles. The summed E-state index contributed by atoms with van der Waals surface area (Å²) in [5, 5.41) is 9.04. The van der Waals surface area contributed by atoms with Crippen molar-refractivity contribution in [3.05, 3.63) is 81.8 Å². The van der Waals surface area contributed by atoms with E-state index in [0.29, 0.717) is 12.3 Å². The van der Waals surface area contributed by atoms with Crippen molar-refractivity contribution in [1.82, 2.24) is 0 Å². The lowest BCUT2D eigenvalue weighted by atomic mass is 9.84. The van der Waals surface area contributed by atoms with Gasteiger partial charge in [-0.3, -0.25) is 4.99 Å². The highest BCUT2D eigenvalue weighted by Gasteiger charge is 2.22. The number of rotatable bonds is 5. The molecule has 0 amide bonds. The van der Waals surface area contributed by atoms with Crippen LogP contribution in [0, 0.1) is 25.6 Å². The fraction of sp³-hybridized carbons (Fsp3) is 0.304. The molecule has 2 atom stereocenters. The molecule has 1 aliphatic rings. The number of hydrogen-bond acceptors (Lipinski definition) is 2. The maximum absolute atomic E-state index is 14.2. The zero-order valence-corrected chi connectivity index (χ0v) is 15.9. The van der Waals surface area contributed by atoms with E-state index in [1.807, 2.05) is 12.3 Å². The summed E-state index contributed by atoms with van der Waals surface area (Å²) in [6.07, 6.45) is 5.64. The van der Waals surface area contributed by atoms with Crippen molar-refractivity contribution in [2.24, 2.45) is 10.9 Å². The summed E-state index contributed by atoms with van der Waals surface area (Å²) in [7, 11) is 0. The Bertz CT molecular complexity index is 930. The fourth-order valence-electron chi connectivity index (χ4n) is 3.49. The van der Waals surface area contributed by atoms with E-state index in [4.69, 9.17) is 5.11 Å². The van der Waals surface area contributed by atoms with Crippen LogP contribution in [0.1, 0.15) is 51.9 Å². The SMILES string of the molecule is Cc1cccc(C(Cc2ccc(C(=O)O)c(F)c2)C2=CCC(C)C=N2)c1C. The van der Waals surface area contributed by atoms with Crippen LogP contribution in [-0.4, -0.2) is 17.3 Å². The number of halogens is 1. The van der Waals surface area contributed by atoms with E-state index >= 15 is 0 Å². The number of benzene rings is 2. The molecule has 0 radical (unpaired) electrons. The zero-order valence-electron chi connectivity index (χ0n) is 15.9. The molecule has 0 saturated carbocycles. The summed E-state index contributed by atoms with van der Waals surface area (Å²) in [6.45, 7) is 6.31. The number of nitrogens with zero attached hydrogens (tertiary/aromatic N) is 1. The normalized spacial score (nSPS) is 17.5. The van der Waals surface area contributed by atoms with Gasteiger partial charge in [0.25, 0.3) is 0 Å². The summed E-state index contributed by atoms with van der Waals surface area (Å²) in [5.74, 6) is -1.53. The van der Waals surface area contributed by atoms with E-state index in [9.17, 15) is 9.18 Å². The van der Waals surface area contributed by atoms with Gasteiger partial charge < -0.3 is 5.11 Å². The van der Waals surface area contributed by atoms with Crippen LogP contribution in [-0.2, 0) is 6.42 Å². The third-order valence-electron chi connectivity index (χ3n) is 5.26. The number of carboxylic acid groups (broad SMARTS) is 1. The quantitative estimate of drug-likeness (QED) is 0.765. The molecule has 0 saturated heterocycles. The number of hydrogen-bond donors (Lipinski definition) is 1. The predicted octanol–water partition coefficient (Wildman–Crippen LogP) is 5.46. The highest BCUT2D eigenvalue weighted by molar-refractivity contribution is 5.87. The van der Waals surface area contributed by atoms with Crippen molar-refractivity contribution >= 4 is 12.2 Å². The summed E-state index contributed by atoms with van der Waals surface area (Å²) < 4.78 is 14.2. The van der Waals surface area contributed by atoms with E-state index in [2.05, 4.69) is 44.0 Å². The second-order valence-electron chi connectivity index (χ2n) is 7.29. The first-order chi connectivity index (χ1) is 12.9. The minimum atomic E-state index is -1.25. The highest BCUT2D eigenvalue weighted by atomic mass is 19.1. The van der Waals surface area contributed by atoms with Crippen LogP contribution >= 0.6 is 0 Å². The third-order valence-corrected chi connectivity index (χ3v) is 5.26. The number of aromatic carboxylic acids is 1. The van der Waals surface area contributed by atoms with Crippen molar-refractivity contribution in [3.63, 3.8) is 0 Å². The lowest BCUT2D eigenvalue weighted by molar-refractivity contribution is 0.0692. The lowest BCUT2D eigenvalue weighted by Gasteiger charge is -2.24. The molecule has 140 valence electrons. The van der Waals surface area contributed by atoms with Crippen LogP contribution in [0.2, 0.25) is 0 Å². The van der Waals surface area contributed by atoms with Crippen molar-refractivity contribution in [3.8, 4) is 0 Å². The van der Waals surface area contributed by atoms with Crippen molar-refractivity contribution < 1.29 is 14.3 Å². The first kappa shape index (κ1) is 19.0. The Kier molecular flexibility index (Phi) is 5.54. The van der Waals surface area contributed by atoms with Crippen LogP contribution in [0.25, 0.3) is 0 Å². The van der Waals surface area contributed by atoms with Gasteiger partial charge in [0.05, 0.1) is 5.56 Å². The molecule has 0 fully saturated rings. The molecule has 1 aliphatic heterocycles. The maximum Gasteiger partial charge on any atom is 0.338 e. The number of carbonyl (C=O) groups is 1. The summed E-state index contributed by atoms with van der Waals surface area (Å²) in [5.41, 5.74) is 5.04. The molecular weight excluding hydrogens is 341 g/mol. The summed E-state index contributed by atoms with van der Waals surface area (Å²) >= 11 is 0. The molecule has 2 aromatic carbocycles. The van der Waals surface area contributed by atoms with E-state index < -0.39 is 11.8 Å². The zero-order chi connectivity index (χ0) is 19.6. The number of aryl methyl sites for hydroxylation is 1. The fourth-order valence-corrected chi connectivity index (χ4v) is 3.49. The second kappa shape index (κ2) is 7.87. The molecule has 1 heterocycles. The third kappa shape index (κ3) is 4.16. The first-order valence-corrected chi connectivity index (χ1v) is 9.19. The molecule has 1 N–H and O–H groups in total. The predicted molar refractivity (Wildman–Crippen MR) is 106 cm³/mol. The monoisotopic (exact) mass is 365 g/mol. The van der Waals surface area contributed by atoms with Gasteiger partial charge in [0.1, 0.15) is 5.82 Å². The standard InChI is InChI=1S/C23H24FNO2/c1-14-7-10-22(25-13-14)20(18-6-4-5-15(2)16(18)3)11-17-8-9-19(23(26)27)21(24)12-17/h4-6,8-10,12-14,20H,7,11H2,1-3H3,(H,26,27). The number of allylic oxidation sites excluding steroid dienone is 2. The second-order valence-corrected chi connectivity index (χ2v) is 7.29. The van der Waals surface area contributed by atoms with Gasteiger partial charge in [-0.1, -0.05) is 37.3 Å². The molecular formula is C23H24FNO2. The van der Waals surface area contributed by atoms with E-state index in [-0.39, 0.29) is 11.5 Å². The molecule has 0 spiro atoms. The topological polar surface area (TPSA) is 49.7 Å². The average Bonchev–Trinajstić information content (AvgIpc) is 2.63. The summed E-state index contributed by atoms with van der Waals surface area (Å²) in [6, 6.07) is 10.6. The molecule has 3 rings (SSSR count). The molecule has 0 aliphatic carbocycles. The van der Waals surface area contributed by atoms with Gasteiger partial charge in [-0.2, -0.15) is 0 Å². The van der Waals surface area contributed by atoms with E-state index in [1.54, 1.807) is 6.07 Å². The number of carboxylic acids is 1. The Hall–Kier alpha value is -2.75. The van der Waals surface area contributed by atoms with Gasteiger partial charge in [-0.25, -0.2) is 9.18 Å². The first-order valence-electron chi connectivity index (χ1n) is 9.19. The smallest absolute Gasteiger partial charge is 0.338 e. The Morgan fingerprint density at radius 1 is 1.30 bits per heavy atom. The van der Waals surface area contributed by atoms with Gasteiger partial charge in [0.2, 0.25) is 0 Å². The molecule has 4 heteroatoms. The van der Waals surface area contributed by atoms with Crippen LogP contribution in [0.5, 0.6) is 0 Å². The van der Waals surface area contributed by atoms with Gasteiger partial charge >= 0.3 is 5.97 Å². The highest BCUT2D eigenvalue weighted by Crippen LogP contribution is 2.34. The largest absolute Gasteiger partial charge is 0.478 e. The summed E-state index contributed by atoms with van der Waals surface area (Å²) in [4.78, 5) is 15.7. The van der Waals surface area contributed by atoms with E-state index in [0.717, 1.165) is 17.7 Å². The Morgan fingerprint density at radius 3 is 2.70 bits per heavy atom. The number of aliphatic imine (C=N–C) groups is 1. The molecule has 2 aromatic rings. The van der Waals surface area contributed by atoms with E-state index in [1.165, 1.54) is 28.8 Å². The van der Waals surface area contributed by atoms with Crippen LogP contribution in [0.3, 0.4) is 0 Å². The minimum absolute atomic E-state index is 0.00345. The van der Waals surface area contributed by atoms with Crippen LogP contribution < -0.4 is 0 Å². The Labute approximate surface area is 159 Å². The van der Waals surface area contributed by atoms with Gasteiger partial charge in [0, 0.05) is 17.8 Å². The van der Waals surface area contributed by atoms with Gasteiger partial charge in [0.15, 0.2) is 0 Å². The Balaban J connectivity index is 2.00. The average molecular weight is 365 g/mol. The van der Waals surface area contributed by atoms with Crippen molar-refractivity contribution in [2.45, 2.75) is 39.5 Å². The van der Waals surface area contributed by atoms with Crippen LogP contribution in [0.15, 0.2) is 53.2 Å². The van der Waals surface area contributed by atoms with Gasteiger partial charge in [-0.05, 0) is 67.0 Å². The van der Waals surface area contributed by atoms with Crippen molar-refractivity contribution in [2.75, 3.05) is 0 Å². The van der Waals surface area contributed by atoms with Crippen LogP contribution in [0.4, 0.5) is 4.39 Å². The van der Waals surface area contributed by atoms with Gasteiger partial charge in [-0.15, -0.1) is 0 Å². The molecule has 27 heavy (non-hydrogen) atoms.